The van der Waals surface area contributed by atoms with Crippen molar-refractivity contribution in [2.75, 3.05) is 19.5 Å². The second kappa shape index (κ2) is 7.74. The SMILES string of the molecule is COc1ccc(NC(=O)N[C@H](C)c2ccc(Cl)cc2)cc1OC. The molecule has 2 aromatic carbocycles. The van der Waals surface area contributed by atoms with Gasteiger partial charge in [0.1, 0.15) is 0 Å². The number of benzene rings is 2. The van der Waals surface area contributed by atoms with E-state index in [1.807, 2.05) is 19.1 Å². The van der Waals surface area contributed by atoms with Crippen LogP contribution in [0.25, 0.3) is 0 Å². The number of halogens is 1. The molecule has 0 aliphatic heterocycles. The number of hydrogen-bond donors (Lipinski definition) is 2. The summed E-state index contributed by atoms with van der Waals surface area (Å²) in [7, 11) is 3.11. The third kappa shape index (κ3) is 4.53. The first-order valence-electron chi connectivity index (χ1n) is 7.08. The number of ether oxygens (including phenoxy) is 2. The smallest absolute Gasteiger partial charge is 0.319 e. The number of carbonyl (C=O) groups is 1. The molecule has 0 aliphatic rings. The Morgan fingerprint density at radius 1 is 1.04 bits per heavy atom. The summed E-state index contributed by atoms with van der Waals surface area (Å²) < 4.78 is 10.4. The lowest BCUT2D eigenvalue weighted by atomic mass is 10.1. The van der Waals surface area contributed by atoms with Gasteiger partial charge in [0.25, 0.3) is 0 Å². The molecule has 0 saturated carbocycles. The van der Waals surface area contributed by atoms with Crippen molar-refractivity contribution in [1.29, 1.82) is 0 Å². The second-order valence-corrected chi connectivity index (χ2v) is 5.38. The zero-order valence-electron chi connectivity index (χ0n) is 13.2. The van der Waals surface area contributed by atoms with E-state index in [1.165, 1.54) is 0 Å². The molecule has 0 aromatic heterocycles. The zero-order chi connectivity index (χ0) is 16.8. The van der Waals surface area contributed by atoms with E-state index in [9.17, 15) is 4.79 Å². The summed E-state index contributed by atoms with van der Waals surface area (Å²) in [6.07, 6.45) is 0. The van der Waals surface area contributed by atoms with E-state index in [4.69, 9.17) is 21.1 Å². The molecule has 23 heavy (non-hydrogen) atoms. The third-order valence-electron chi connectivity index (χ3n) is 3.36. The van der Waals surface area contributed by atoms with Crippen molar-refractivity contribution in [2.24, 2.45) is 0 Å². The molecule has 0 heterocycles. The molecule has 2 aromatic rings. The summed E-state index contributed by atoms with van der Waals surface area (Å²) in [6, 6.07) is 12.1. The van der Waals surface area contributed by atoms with Crippen LogP contribution in [-0.2, 0) is 0 Å². The van der Waals surface area contributed by atoms with Gasteiger partial charge >= 0.3 is 6.03 Å². The molecule has 1 atom stereocenters. The predicted molar refractivity (Wildman–Crippen MR) is 91.6 cm³/mol. The number of nitrogens with one attached hydrogen (secondary N) is 2. The summed E-state index contributed by atoms with van der Waals surface area (Å²) >= 11 is 5.86. The van der Waals surface area contributed by atoms with Gasteiger partial charge in [-0.2, -0.15) is 0 Å². The Morgan fingerprint density at radius 3 is 2.30 bits per heavy atom. The molecular weight excluding hydrogens is 316 g/mol. The zero-order valence-corrected chi connectivity index (χ0v) is 14.0. The van der Waals surface area contributed by atoms with E-state index in [0.29, 0.717) is 22.2 Å². The van der Waals surface area contributed by atoms with Crippen LogP contribution in [0.15, 0.2) is 42.5 Å². The van der Waals surface area contributed by atoms with Crippen LogP contribution >= 0.6 is 11.6 Å². The minimum atomic E-state index is -0.306. The summed E-state index contributed by atoms with van der Waals surface area (Å²) in [5.74, 6) is 1.16. The van der Waals surface area contributed by atoms with Crippen molar-refractivity contribution in [3.8, 4) is 11.5 Å². The van der Waals surface area contributed by atoms with Gasteiger partial charge in [-0.1, -0.05) is 23.7 Å². The topological polar surface area (TPSA) is 59.6 Å². The Balaban J connectivity index is 2.00. The van der Waals surface area contributed by atoms with E-state index in [1.54, 1.807) is 44.6 Å². The van der Waals surface area contributed by atoms with Crippen LogP contribution in [0.4, 0.5) is 10.5 Å². The lowest BCUT2D eigenvalue weighted by molar-refractivity contribution is 0.249. The number of amides is 2. The Hall–Kier alpha value is -2.40. The molecule has 122 valence electrons. The van der Waals surface area contributed by atoms with Crippen LogP contribution < -0.4 is 20.1 Å². The second-order valence-electron chi connectivity index (χ2n) is 4.94. The van der Waals surface area contributed by atoms with Crippen molar-refractivity contribution < 1.29 is 14.3 Å². The summed E-state index contributed by atoms with van der Waals surface area (Å²) in [4.78, 5) is 12.1. The quantitative estimate of drug-likeness (QED) is 0.859. The molecule has 2 N–H and O–H groups in total. The van der Waals surface area contributed by atoms with Gasteiger partial charge in [-0.15, -0.1) is 0 Å². The highest BCUT2D eigenvalue weighted by molar-refractivity contribution is 6.30. The van der Waals surface area contributed by atoms with E-state index in [0.717, 1.165) is 5.56 Å². The minimum absolute atomic E-state index is 0.146. The summed E-state index contributed by atoms with van der Waals surface area (Å²) in [5, 5.41) is 6.30. The monoisotopic (exact) mass is 334 g/mol. The molecule has 0 fully saturated rings. The molecule has 0 radical (unpaired) electrons. The molecule has 2 amide bonds. The van der Waals surface area contributed by atoms with Crippen molar-refractivity contribution >= 4 is 23.3 Å². The minimum Gasteiger partial charge on any atom is -0.493 e. The van der Waals surface area contributed by atoms with Gasteiger partial charge in [-0.3, -0.25) is 0 Å². The fraction of sp³-hybridized carbons (Fsp3) is 0.235. The molecule has 0 bridgehead atoms. The third-order valence-corrected chi connectivity index (χ3v) is 3.61. The van der Waals surface area contributed by atoms with Gasteiger partial charge in [0.05, 0.1) is 20.3 Å². The van der Waals surface area contributed by atoms with E-state index in [2.05, 4.69) is 10.6 Å². The standard InChI is InChI=1S/C17H19ClN2O3/c1-11(12-4-6-13(18)7-5-12)19-17(21)20-14-8-9-15(22-2)16(10-14)23-3/h4-11H,1-3H3,(H2,19,20,21)/t11-/m1/s1. The van der Waals surface area contributed by atoms with E-state index >= 15 is 0 Å². The molecule has 0 spiro atoms. The van der Waals surface area contributed by atoms with Gasteiger partial charge in [0.15, 0.2) is 11.5 Å². The molecule has 6 heteroatoms. The van der Waals surface area contributed by atoms with Crippen molar-refractivity contribution in [2.45, 2.75) is 13.0 Å². The molecular formula is C17H19ClN2O3. The number of urea groups is 1. The van der Waals surface area contributed by atoms with Crippen LogP contribution in [0.3, 0.4) is 0 Å². The number of carbonyl (C=O) groups excluding carboxylic acids is 1. The first kappa shape index (κ1) is 17.0. The Bertz CT molecular complexity index is 674. The average Bonchev–Trinajstić information content (AvgIpc) is 2.55. The molecule has 0 aliphatic carbocycles. The highest BCUT2D eigenvalue weighted by atomic mass is 35.5. The molecule has 5 nitrogen and oxygen atoms in total. The Labute approximate surface area is 140 Å². The number of hydrogen-bond acceptors (Lipinski definition) is 3. The molecule has 0 unspecified atom stereocenters. The normalized spacial score (nSPS) is 11.5. The first-order valence-corrected chi connectivity index (χ1v) is 7.46. The van der Waals surface area contributed by atoms with E-state index < -0.39 is 0 Å². The van der Waals surface area contributed by atoms with Gasteiger partial charge < -0.3 is 20.1 Å². The van der Waals surface area contributed by atoms with Gasteiger partial charge in [-0.05, 0) is 36.8 Å². The van der Waals surface area contributed by atoms with Gasteiger partial charge in [0, 0.05) is 16.8 Å². The van der Waals surface area contributed by atoms with Crippen LogP contribution in [-0.4, -0.2) is 20.3 Å². The summed E-state index contributed by atoms with van der Waals surface area (Å²) in [5.41, 5.74) is 1.58. The maximum absolute atomic E-state index is 12.1. The number of methoxy groups -OCH3 is 2. The van der Waals surface area contributed by atoms with Crippen LogP contribution in [0.5, 0.6) is 11.5 Å². The predicted octanol–water partition coefficient (Wildman–Crippen LogP) is 4.24. The lowest BCUT2D eigenvalue weighted by Crippen LogP contribution is -2.31. The fourth-order valence-electron chi connectivity index (χ4n) is 2.11. The Morgan fingerprint density at radius 2 is 1.70 bits per heavy atom. The highest BCUT2D eigenvalue weighted by Gasteiger charge is 2.11. The van der Waals surface area contributed by atoms with Crippen LogP contribution in [0, 0.1) is 0 Å². The highest BCUT2D eigenvalue weighted by Crippen LogP contribution is 2.29. The van der Waals surface area contributed by atoms with Gasteiger partial charge in [0.2, 0.25) is 0 Å². The van der Waals surface area contributed by atoms with Crippen LogP contribution in [0.2, 0.25) is 5.02 Å². The molecule has 2 rings (SSSR count). The average molecular weight is 335 g/mol. The number of rotatable bonds is 5. The number of anilines is 1. The first-order chi connectivity index (χ1) is 11.0. The molecule has 0 saturated heterocycles. The van der Waals surface area contributed by atoms with Crippen molar-refractivity contribution in [1.82, 2.24) is 5.32 Å². The van der Waals surface area contributed by atoms with Crippen molar-refractivity contribution in [3.63, 3.8) is 0 Å². The maximum Gasteiger partial charge on any atom is 0.319 e. The van der Waals surface area contributed by atoms with E-state index in [-0.39, 0.29) is 12.1 Å². The van der Waals surface area contributed by atoms with Crippen LogP contribution in [0.1, 0.15) is 18.5 Å². The van der Waals surface area contributed by atoms with Crippen molar-refractivity contribution in [3.05, 3.63) is 53.1 Å². The maximum atomic E-state index is 12.1. The fourth-order valence-corrected chi connectivity index (χ4v) is 2.24. The van der Waals surface area contributed by atoms with Gasteiger partial charge in [-0.25, -0.2) is 4.79 Å². The largest absolute Gasteiger partial charge is 0.493 e. The lowest BCUT2D eigenvalue weighted by Gasteiger charge is -2.16. The Kier molecular flexibility index (Phi) is 5.71. The summed E-state index contributed by atoms with van der Waals surface area (Å²) in [6.45, 7) is 1.90.